The summed E-state index contributed by atoms with van der Waals surface area (Å²) in [6.45, 7) is 0.901. The predicted molar refractivity (Wildman–Crippen MR) is 70.1 cm³/mol. The van der Waals surface area contributed by atoms with Crippen LogP contribution in [0.1, 0.15) is 11.1 Å². The van der Waals surface area contributed by atoms with E-state index in [0.717, 1.165) is 16.9 Å². The van der Waals surface area contributed by atoms with Gasteiger partial charge in [-0.2, -0.15) is 0 Å². The summed E-state index contributed by atoms with van der Waals surface area (Å²) < 4.78 is 5.73. The van der Waals surface area contributed by atoms with E-state index in [9.17, 15) is 0 Å². The highest BCUT2D eigenvalue weighted by molar-refractivity contribution is 6.31. The Morgan fingerprint density at radius 1 is 1.00 bits per heavy atom. The van der Waals surface area contributed by atoms with Gasteiger partial charge in [-0.05, 0) is 17.7 Å². The van der Waals surface area contributed by atoms with Gasteiger partial charge < -0.3 is 10.5 Å². The van der Waals surface area contributed by atoms with Gasteiger partial charge in [0.1, 0.15) is 12.4 Å². The second-order valence-corrected chi connectivity index (χ2v) is 4.10. The summed E-state index contributed by atoms with van der Waals surface area (Å²) in [5.74, 6) is 0.754. The lowest BCUT2D eigenvalue weighted by atomic mass is 10.2. The van der Waals surface area contributed by atoms with E-state index in [1.807, 2.05) is 48.5 Å². The first-order valence-corrected chi connectivity index (χ1v) is 5.83. The first-order chi connectivity index (χ1) is 8.31. The lowest BCUT2D eigenvalue weighted by molar-refractivity contribution is 0.303. The lowest BCUT2D eigenvalue weighted by Crippen LogP contribution is -2.03. The zero-order chi connectivity index (χ0) is 12.1. The smallest absolute Gasteiger partial charge is 0.125 e. The molecule has 2 N–H and O–H groups in total. The molecule has 0 aliphatic heterocycles. The van der Waals surface area contributed by atoms with Gasteiger partial charge in [0.15, 0.2) is 0 Å². The summed E-state index contributed by atoms with van der Waals surface area (Å²) in [5, 5.41) is 0.651. The molecule has 0 heterocycles. The second-order valence-electron chi connectivity index (χ2n) is 3.69. The third-order valence-electron chi connectivity index (χ3n) is 2.52. The Morgan fingerprint density at radius 2 is 1.76 bits per heavy atom. The highest BCUT2D eigenvalue weighted by atomic mass is 35.5. The number of ether oxygens (including phenoxy) is 1. The maximum atomic E-state index is 6.05. The molecule has 0 bridgehead atoms. The van der Waals surface area contributed by atoms with E-state index in [1.165, 1.54) is 0 Å². The van der Waals surface area contributed by atoms with Crippen molar-refractivity contribution in [3.8, 4) is 5.75 Å². The third kappa shape index (κ3) is 2.99. The maximum absolute atomic E-state index is 6.05. The molecule has 0 saturated carbocycles. The van der Waals surface area contributed by atoms with Gasteiger partial charge in [0, 0.05) is 17.1 Å². The van der Waals surface area contributed by atoms with Crippen molar-refractivity contribution in [1.29, 1.82) is 0 Å². The molecule has 3 heteroatoms. The fourth-order valence-corrected chi connectivity index (χ4v) is 1.85. The average Bonchev–Trinajstić information content (AvgIpc) is 2.37. The van der Waals surface area contributed by atoms with Gasteiger partial charge in [-0.3, -0.25) is 0 Å². The van der Waals surface area contributed by atoms with Crippen LogP contribution in [0.3, 0.4) is 0 Å². The summed E-state index contributed by atoms with van der Waals surface area (Å²) >= 11 is 6.05. The molecular weight excluding hydrogens is 234 g/mol. The van der Waals surface area contributed by atoms with E-state index in [4.69, 9.17) is 22.1 Å². The fraction of sp³-hybridized carbons (Fsp3) is 0.143. The van der Waals surface area contributed by atoms with Gasteiger partial charge >= 0.3 is 0 Å². The van der Waals surface area contributed by atoms with Crippen molar-refractivity contribution in [2.24, 2.45) is 5.73 Å². The fourth-order valence-electron chi connectivity index (χ4n) is 1.61. The molecule has 0 unspecified atom stereocenters. The number of halogens is 1. The Morgan fingerprint density at radius 3 is 2.47 bits per heavy atom. The van der Waals surface area contributed by atoms with Crippen molar-refractivity contribution in [1.82, 2.24) is 0 Å². The van der Waals surface area contributed by atoms with Crippen LogP contribution < -0.4 is 10.5 Å². The second kappa shape index (κ2) is 5.71. The third-order valence-corrected chi connectivity index (χ3v) is 2.87. The number of hydrogen-bond acceptors (Lipinski definition) is 2. The van der Waals surface area contributed by atoms with Crippen LogP contribution in [0.2, 0.25) is 5.02 Å². The minimum absolute atomic E-state index is 0.379. The van der Waals surface area contributed by atoms with Crippen molar-refractivity contribution < 1.29 is 4.74 Å². The number of hydrogen-bond donors (Lipinski definition) is 1. The molecule has 0 radical (unpaired) electrons. The van der Waals surface area contributed by atoms with Crippen LogP contribution in [-0.4, -0.2) is 0 Å². The van der Waals surface area contributed by atoms with Crippen molar-refractivity contribution in [2.75, 3.05) is 0 Å². The topological polar surface area (TPSA) is 35.2 Å². The Labute approximate surface area is 106 Å². The van der Waals surface area contributed by atoms with E-state index < -0.39 is 0 Å². The predicted octanol–water partition coefficient (Wildman–Crippen LogP) is 3.38. The minimum Gasteiger partial charge on any atom is -0.489 e. The van der Waals surface area contributed by atoms with Crippen LogP contribution in [-0.2, 0) is 13.2 Å². The highest BCUT2D eigenvalue weighted by Crippen LogP contribution is 2.26. The molecule has 0 saturated heterocycles. The monoisotopic (exact) mass is 247 g/mol. The van der Waals surface area contributed by atoms with Crippen molar-refractivity contribution in [3.63, 3.8) is 0 Å². The number of rotatable bonds is 4. The van der Waals surface area contributed by atoms with Crippen LogP contribution in [0.25, 0.3) is 0 Å². The van der Waals surface area contributed by atoms with Gasteiger partial charge in [-0.15, -0.1) is 0 Å². The van der Waals surface area contributed by atoms with Crippen LogP contribution in [0.5, 0.6) is 5.75 Å². The van der Waals surface area contributed by atoms with E-state index in [1.54, 1.807) is 0 Å². The van der Waals surface area contributed by atoms with Gasteiger partial charge in [-0.25, -0.2) is 0 Å². The Hall–Kier alpha value is -1.51. The van der Waals surface area contributed by atoms with E-state index in [2.05, 4.69) is 0 Å². The van der Waals surface area contributed by atoms with E-state index in [0.29, 0.717) is 18.2 Å². The molecule has 2 aromatic rings. The number of benzene rings is 2. The SMILES string of the molecule is NCc1c(Cl)cccc1OCc1ccccc1. The summed E-state index contributed by atoms with van der Waals surface area (Å²) in [5.41, 5.74) is 7.63. The zero-order valence-electron chi connectivity index (χ0n) is 9.40. The van der Waals surface area contributed by atoms with Crippen LogP contribution >= 0.6 is 11.6 Å². The van der Waals surface area contributed by atoms with Crippen molar-refractivity contribution >= 4 is 11.6 Å². The lowest BCUT2D eigenvalue weighted by Gasteiger charge is -2.11. The van der Waals surface area contributed by atoms with Gasteiger partial charge in [0.25, 0.3) is 0 Å². The van der Waals surface area contributed by atoms with Crippen LogP contribution in [0, 0.1) is 0 Å². The van der Waals surface area contributed by atoms with Crippen molar-refractivity contribution in [3.05, 3.63) is 64.7 Å². The first kappa shape index (κ1) is 12.0. The quantitative estimate of drug-likeness (QED) is 0.899. The molecule has 0 aliphatic rings. The molecule has 0 amide bonds. The Balaban J connectivity index is 2.12. The van der Waals surface area contributed by atoms with Gasteiger partial charge in [-0.1, -0.05) is 48.0 Å². The average molecular weight is 248 g/mol. The van der Waals surface area contributed by atoms with Crippen LogP contribution in [0.15, 0.2) is 48.5 Å². The summed E-state index contributed by atoms with van der Waals surface area (Å²) in [6.07, 6.45) is 0. The minimum atomic E-state index is 0.379. The molecule has 2 nitrogen and oxygen atoms in total. The van der Waals surface area contributed by atoms with Crippen LogP contribution in [0.4, 0.5) is 0 Å². The van der Waals surface area contributed by atoms with Crippen molar-refractivity contribution in [2.45, 2.75) is 13.2 Å². The highest BCUT2D eigenvalue weighted by Gasteiger charge is 2.06. The molecule has 0 aromatic heterocycles. The first-order valence-electron chi connectivity index (χ1n) is 5.45. The molecule has 2 aromatic carbocycles. The molecule has 88 valence electrons. The summed E-state index contributed by atoms with van der Waals surface area (Å²) in [7, 11) is 0. The maximum Gasteiger partial charge on any atom is 0.125 e. The molecule has 0 spiro atoms. The molecule has 2 rings (SSSR count). The Bertz CT molecular complexity index is 485. The molecule has 0 atom stereocenters. The van der Waals surface area contributed by atoms with E-state index in [-0.39, 0.29) is 0 Å². The molecule has 0 fully saturated rings. The van der Waals surface area contributed by atoms with Gasteiger partial charge in [0.2, 0.25) is 0 Å². The molecule has 17 heavy (non-hydrogen) atoms. The molecular formula is C14H14ClNO. The molecule has 0 aliphatic carbocycles. The normalized spacial score (nSPS) is 10.2. The summed E-state index contributed by atoms with van der Waals surface area (Å²) in [6, 6.07) is 15.6. The van der Waals surface area contributed by atoms with E-state index >= 15 is 0 Å². The largest absolute Gasteiger partial charge is 0.489 e. The van der Waals surface area contributed by atoms with Gasteiger partial charge in [0.05, 0.1) is 0 Å². The zero-order valence-corrected chi connectivity index (χ0v) is 10.2. The standard InChI is InChI=1S/C14H14ClNO/c15-13-7-4-8-14(12(13)9-16)17-10-11-5-2-1-3-6-11/h1-8H,9-10,16H2. The number of nitrogens with two attached hydrogens (primary N) is 1. The Kier molecular flexibility index (Phi) is 4.02. The summed E-state index contributed by atoms with van der Waals surface area (Å²) in [4.78, 5) is 0.